The van der Waals surface area contributed by atoms with Crippen LogP contribution in [0.3, 0.4) is 0 Å². The van der Waals surface area contributed by atoms with Gasteiger partial charge in [0.05, 0.1) is 11.4 Å². The van der Waals surface area contributed by atoms with Crippen LogP contribution in [0.1, 0.15) is 25.0 Å². The molecule has 0 radical (unpaired) electrons. The lowest BCUT2D eigenvalue weighted by Gasteiger charge is -2.21. The number of nitrogens with two attached hydrogens (primary N) is 1. The first-order chi connectivity index (χ1) is 7.70. The lowest BCUT2D eigenvalue weighted by Crippen LogP contribution is -2.29. The maximum Gasteiger partial charge on any atom is 0.129 e. The van der Waals surface area contributed by atoms with Gasteiger partial charge in [-0.25, -0.2) is 4.98 Å². The predicted octanol–water partition coefficient (Wildman–Crippen LogP) is 2.58. The SMILES string of the molecule is Cc1nc(Cl)ccc1NC1CCCC1CN. The molecule has 1 aliphatic rings. The molecule has 0 saturated heterocycles. The molecule has 1 fully saturated rings. The number of aryl methyl sites for hydroxylation is 1. The van der Waals surface area contributed by atoms with Gasteiger partial charge in [-0.15, -0.1) is 0 Å². The smallest absolute Gasteiger partial charge is 0.129 e. The first-order valence-electron chi connectivity index (χ1n) is 5.80. The summed E-state index contributed by atoms with van der Waals surface area (Å²) >= 11 is 5.83. The summed E-state index contributed by atoms with van der Waals surface area (Å²) < 4.78 is 0. The lowest BCUT2D eigenvalue weighted by molar-refractivity contribution is 0.516. The van der Waals surface area contributed by atoms with Crippen molar-refractivity contribution in [1.82, 2.24) is 4.98 Å². The Morgan fingerprint density at radius 2 is 2.31 bits per heavy atom. The molecule has 0 spiro atoms. The van der Waals surface area contributed by atoms with Gasteiger partial charge < -0.3 is 11.1 Å². The molecule has 1 aromatic rings. The highest BCUT2D eigenvalue weighted by Gasteiger charge is 2.26. The number of hydrogen-bond donors (Lipinski definition) is 2. The second kappa shape index (κ2) is 5.02. The van der Waals surface area contributed by atoms with Gasteiger partial charge in [-0.2, -0.15) is 0 Å². The van der Waals surface area contributed by atoms with E-state index in [4.69, 9.17) is 17.3 Å². The molecule has 0 bridgehead atoms. The maximum atomic E-state index is 5.83. The largest absolute Gasteiger partial charge is 0.381 e. The van der Waals surface area contributed by atoms with Gasteiger partial charge in [0.2, 0.25) is 0 Å². The van der Waals surface area contributed by atoms with Gasteiger partial charge in [-0.05, 0) is 44.4 Å². The van der Waals surface area contributed by atoms with Crippen molar-refractivity contribution >= 4 is 17.3 Å². The zero-order chi connectivity index (χ0) is 11.5. The quantitative estimate of drug-likeness (QED) is 0.798. The van der Waals surface area contributed by atoms with E-state index < -0.39 is 0 Å². The molecule has 88 valence electrons. The summed E-state index contributed by atoms with van der Waals surface area (Å²) in [7, 11) is 0. The molecular weight excluding hydrogens is 222 g/mol. The van der Waals surface area contributed by atoms with E-state index in [2.05, 4.69) is 10.3 Å². The van der Waals surface area contributed by atoms with Crippen LogP contribution in [-0.4, -0.2) is 17.6 Å². The normalized spacial score (nSPS) is 24.7. The Labute approximate surface area is 101 Å². The number of rotatable bonds is 3. The topological polar surface area (TPSA) is 50.9 Å². The zero-order valence-corrected chi connectivity index (χ0v) is 10.3. The number of aromatic nitrogens is 1. The zero-order valence-electron chi connectivity index (χ0n) is 9.54. The van der Waals surface area contributed by atoms with Crippen molar-refractivity contribution in [3.63, 3.8) is 0 Å². The molecule has 2 rings (SSSR count). The summed E-state index contributed by atoms with van der Waals surface area (Å²) in [5, 5.41) is 4.08. The van der Waals surface area contributed by atoms with Gasteiger partial charge in [0.1, 0.15) is 5.15 Å². The Morgan fingerprint density at radius 1 is 1.50 bits per heavy atom. The van der Waals surface area contributed by atoms with Crippen molar-refractivity contribution in [3.05, 3.63) is 23.0 Å². The maximum absolute atomic E-state index is 5.83. The van der Waals surface area contributed by atoms with Crippen molar-refractivity contribution in [2.24, 2.45) is 11.7 Å². The summed E-state index contributed by atoms with van der Waals surface area (Å²) in [4.78, 5) is 4.24. The molecule has 3 N–H and O–H groups in total. The van der Waals surface area contributed by atoms with E-state index in [1.807, 2.05) is 19.1 Å². The highest BCUT2D eigenvalue weighted by molar-refractivity contribution is 6.29. The van der Waals surface area contributed by atoms with Crippen molar-refractivity contribution in [3.8, 4) is 0 Å². The number of pyridine rings is 1. The van der Waals surface area contributed by atoms with Crippen molar-refractivity contribution in [2.75, 3.05) is 11.9 Å². The predicted molar refractivity (Wildman–Crippen MR) is 67.8 cm³/mol. The third-order valence-electron chi connectivity index (χ3n) is 3.35. The highest BCUT2D eigenvalue weighted by Crippen LogP contribution is 2.28. The van der Waals surface area contributed by atoms with Crippen LogP contribution in [0.2, 0.25) is 5.15 Å². The van der Waals surface area contributed by atoms with Crippen LogP contribution >= 0.6 is 11.6 Å². The van der Waals surface area contributed by atoms with Gasteiger partial charge in [0.25, 0.3) is 0 Å². The summed E-state index contributed by atoms with van der Waals surface area (Å²) in [5.41, 5.74) is 7.80. The van der Waals surface area contributed by atoms with E-state index in [1.54, 1.807) is 0 Å². The van der Waals surface area contributed by atoms with Crippen LogP contribution < -0.4 is 11.1 Å². The fourth-order valence-corrected chi connectivity index (χ4v) is 2.58. The minimum atomic E-state index is 0.492. The fraction of sp³-hybridized carbons (Fsp3) is 0.583. The Morgan fingerprint density at radius 3 is 3.00 bits per heavy atom. The average molecular weight is 240 g/mol. The van der Waals surface area contributed by atoms with Gasteiger partial charge in [0, 0.05) is 6.04 Å². The Hall–Kier alpha value is -0.800. The fourth-order valence-electron chi connectivity index (χ4n) is 2.39. The number of halogens is 1. The monoisotopic (exact) mass is 239 g/mol. The van der Waals surface area contributed by atoms with Crippen molar-refractivity contribution in [1.29, 1.82) is 0 Å². The standard InChI is InChI=1S/C12H18ClN3/c1-8-10(5-6-12(13)15-8)16-11-4-2-3-9(11)7-14/h5-6,9,11,16H,2-4,7,14H2,1H3. The van der Waals surface area contributed by atoms with Gasteiger partial charge in [-0.1, -0.05) is 18.0 Å². The molecule has 1 aliphatic carbocycles. The Kier molecular flexibility index (Phi) is 3.66. The molecule has 1 heterocycles. The molecular formula is C12H18ClN3. The summed E-state index contributed by atoms with van der Waals surface area (Å²) in [6, 6.07) is 4.31. The van der Waals surface area contributed by atoms with Crippen LogP contribution in [0, 0.1) is 12.8 Å². The molecule has 0 aliphatic heterocycles. The second-order valence-corrected chi connectivity index (χ2v) is 4.83. The number of nitrogens with zero attached hydrogens (tertiary/aromatic N) is 1. The van der Waals surface area contributed by atoms with E-state index in [-0.39, 0.29) is 0 Å². The minimum Gasteiger partial charge on any atom is -0.381 e. The summed E-state index contributed by atoms with van der Waals surface area (Å²) in [5.74, 6) is 0.593. The van der Waals surface area contributed by atoms with Crippen LogP contribution in [-0.2, 0) is 0 Å². The van der Waals surface area contributed by atoms with E-state index in [0.717, 1.165) is 17.9 Å². The number of hydrogen-bond acceptors (Lipinski definition) is 3. The van der Waals surface area contributed by atoms with Crippen molar-refractivity contribution < 1.29 is 0 Å². The van der Waals surface area contributed by atoms with Gasteiger partial charge >= 0.3 is 0 Å². The van der Waals surface area contributed by atoms with Crippen LogP contribution in [0.15, 0.2) is 12.1 Å². The third kappa shape index (κ3) is 2.47. The van der Waals surface area contributed by atoms with Crippen molar-refractivity contribution in [2.45, 2.75) is 32.2 Å². The molecule has 1 saturated carbocycles. The molecule has 1 aromatic heterocycles. The molecule has 3 nitrogen and oxygen atoms in total. The summed E-state index contributed by atoms with van der Waals surface area (Å²) in [6.45, 7) is 2.73. The van der Waals surface area contributed by atoms with E-state index in [1.165, 1.54) is 19.3 Å². The molecule has 4 heteroatoms. The van der Waals surface area contributed by atoms with Gasteiger partial charge in [-0.3, -0.25) is 0 Å². The highest BCUT2D eigenvalue weighted by atomic mass is 35.5. The number of nitrogens with one attached hydrogen (secondary N) is 1. The first kappa shape index (κ1) is 11.7. The first-order valence-corrected chi connectivity index (χ1v) is 6.18. The van der Waals surface area contributed by atoms with E-state index in [0.29, 0.717) is 17.1 Å². The Balaban J connectivity index is 2.08. The number of anilines is 1. The molecule has 16 heavy (non-hydrogen) atoms. The Bertz CT molecular complexity index is 367. The van der Waals surface area contributed by atoms with Crippen LogP contribution in [0.25, 0.3) is 0 Å². The summed E-state index contributed by atoms with van der Waals surface area (Å²) in [6.07, 6.45) is 3.69. The average Bonchev–Trinajstić information content (AvgIpc) is 2.69. The molecule has 0 aromatic carbocycles. The molecule has 2 unspecified atom stereocenters. The van der Waals surface area contributed by atoms with Gasteiger partial charge in [0.15, 0.2) is 0 Å². The molecule has 0 amide bonds. The third-order valence-corrected chi connectivity index (χ3v) is 3.57. The second-order valence-electron chi connectivity index (χ2n) is 4.44. The lowest BCUT2D eigenvalue weighted by atomic mass is 10.0. The van der Waals surface area contributed by atoms with E-state index in [9.17, 15) is 0 Å². The minimum absolute atomic E-state index is 0.492. The van der Waals surface area contributed by atoms with Crippen LogP contribution in [0.5, 0.6) is 0 Å². The van der Waals surface area contributed by atoms with E-state index >= 15 is 0 Å². The van der Waals surface area contributed by atoms with Crippen LogP contribution in [0.4, 0.5) is 5.69 Å². The molecule has 2 atom stereocenters.